The maximum Gasteiger partial charge on any atom is 0.151 e. The molecule has 0 bridgehead atoms. The topological polar surface area (TPSA) is 32.5 Å². The first-order chi connectivity index (χ1) is 9.56. The van der Waals surface area contributed by atoms with Crippen molar-refractivity contribution in [2.75, 3.05) is 37.3 Å². The van der Waals surface area contributed by atoms with E-state index in [-0.39, 0.29) is 5.69 Å². The second-order valence-corrected chi connectivity index (χ2v) is 6.01. The Balaban J connectivity index is 1.83. The molecule has 1 aromatic rings. The zero-order chi connectivity index (χ0) is 14.3. The number of halogens is 2. The Morgan fingerprint density at radius 2 is 2.00 bits per heavy atom. The van der Waals surface area contributed by atoms with Gasteiger partial charge in [-0.05, 0) is 44.8 Å². The van der Waals surface area contributed by atoms with Crippen LogP contribution in [0.2, 0.25) is 0 Å². The standard InChI is InChI=1S/C15H21F2N3/c1-19-5-2-3-10-9-20(6-4-13(10)19)14-8-11(16)7-12(17)15(14)18/h7-8,10,13H,2-6,9,18H2,1H3. The lowest BCUT2D eigenvalue weighted by Gasteiger charge is -2.46. The Morgan fingerprint density at radius 3 is 2.80 bits per heavy atom. The molecule has 0 saturated carbocycles. The van der Waals surface area contributed by atoms with E-state index in [1.54, 1.807) is 0 Å². The number of piperidine rings is 2. The van der Waals surface area contributed by atoms with E-state index in [4.69, 9.17) is 5.73 Å². The Labute approximate surface area is 118 Å². The van der Waals surface area contributed by atoms with E-state index in [1.165, 1.54) is 18.9 Å². The smallest absolute Gasteiger partial charge is 0.151 e. The normalized spacial score (nSPS) is 27.4. The Bertz CT molecular complexity index is 506. The van der Waals surface area contributed by atoms with Crippen molar-refractivity contribution in [1.82, 2.24) is 4.90 Å². The van der Waals surface area contributed by atoms with Gasteiger partial charge in [0.05, 0.1) is 11.4 Å². The Kier molecular flexibility index (Phi) is 3.54. The van der Waals surface area contributed by atoms with Gasteiger partial charge in [0.2, 0.25) is 0 Å². The third-order valence-corrected chi connectivity index (χ3v) is 4.76. The van der Waals surface area contributed by atoms with Crippen molar-refractivity contribution in [2.45, 2.75) is 25.3 Å². The predicted octanol–water partition coefficient (Wildman–Crippen LogP) is 2.47. The van der Waals surface area contributed by atoms with Crippen LogP contribution in [0.25, 0.3) is 0 Å². The van der Waals surface area contributed by atoms with Crippen LogP contribution in [0.15, 0.2) is 12.1 Å². The van der Waals surface area contributed by atoms with Crippen LogP contribution in [0, 0.1) is 17.6 Å². The average Bonchev–Trinajstić information content (AvgIpc) is 2.43. The number of fused-ring (bicyclic) bond motifs is 1. The van der Waals surface area contributed by atoms with Gasteiger partial charge in [-0.2, -0.15) is 0 Å². The maximum absolute atomic E-state index is 13.6. The summed E-state index contributed by atoms with van der Waals surface area (Å²) in [5, 5.41) is 0. The SMILES string of the molecule is CN1CCCC2CN(c3cc(F)cc(F)c3N)CCC21. The molecule has 1 aromatic carbocycles. The van der Waals surface area contributed by atoms with Crippen LogP contribution in [-0.4, -0.2) is 37.6 Å². The first-order valence-corrected chi connectivity index (χ1v) is 7.26. The molecule has 110 valence electrons. The quantitative estimate of drug-likeness (QED) is 0.803. The van der Waals surface area contributed by atoms with Crippen LogP contribution in [-0.2, 0) is 0 Å². The van der Waals surface area contributed by atoms with Crippen molar-refractivity contribution in [1.29, 1.82) is 0 Å². The zero-order valence-corrected chi connectivity index (χ0v) is 11.8. The highest BCUT2D eigenvalue weighted by Crippen LogP contribution is 2.35. The number of likely N-dealkylation sites (tertiary alicyclic amines) is 1. The minimum atomic E-state index is -0.664. The van der Waals surface area contributed by atoms with Crippen molar-refractivity contribution in [2.24, 2.45) is 5.92 Å². The molecular weight excluding hydrogens is 260 g/mol. The number of hydrogen-bond acceptors (Lipinski definition) is 3. The summed E-state index contributed by atoms with van der Waals surface area (Å²) < 4.78 is 27.0. The monoisotopic (exact) mass is 281 g/mol. The highest BCUT2D eigenvalue weighted by molar-refractivity contribution is 5.68. The van der Waals surface area contributed by atoms with Gasteiger partial charge in [0.25, 0.3) is 0 Å². The Hall–Kier alpha value is -1.36. The molecule has 0 aromatic heterocycles. The fourth-order valence-electron chi connectivity index (χ4n) is 3.70. The number of nitrogens with two attached hydrogens (primary N) is 1. The summed E-state index contributed by atoms with van der Waals surface area (Å²) in [4.78, 5) is 4.46. The van der Waals surface area contributed by atoms with Crippen LogP contribution in [0.3, 0.4) is 0 Å². The van der Waals surface area contributed by atoms with Gasteiger partial charge in [0.1, 0.15) is 5.82 Å². The summed E-state index contributed by atoms with van der Waals surface area (Å²) in [6, 6.07) is 2.80. The second-order valence-electron chi connectivity index (χ2n) is 6.01. The van der Waals surface area contributed by atoms with Crippen LogP contribution in [0.5, 0.6) is 0 Å². The molecule has 2 fully saturated rings. The number of benzene rings is 1. The van der Waals surface area contributed by atoms with Gasteiger partial charge in [0, 0.05) is 25.2 Å². The van der Waals surface area contributed by atoms with Gasteiger partial charge >= 0.3 is 0 Å². The lowest BCUT2D eigenvalue weighted by atomic mass is 9.84. The largest absolute Gasteiger partial charge is 0.395 e. The maximum atomic E-state index is 13.6. The molecule has 2 N–H and O–H groups in total. The molecule has 2 saturated heterocycles. The van der Waals surface area contributed by atoms with E-state index in [9.17, 15) is 8.78 Å². The Morgan fingerprint density at radius 1 is 1.20 bits per heavy atom. The number of hydrogen-bond donors (Lipinski definition) is 1. The number of anilines is 2. The van der Waals surface area contributed by atoms with Crippen LogP contribution in [0.1, 0.15) is 19.3 Å². The molecular formula is C15H21F2N3. The van der Waals surface area contributed by atoms with Crippen molar-refractivity contribution in [3.63, 3.8) is 0 Å². The van der Waals surface area contributed by atoms with Crippen molar-refractivity contribution >= 4 is 11.4 Å². The minimum absolute atomic E-state index is 0.0639. The number of nitrogens with zero attached hydrogens (tertiary/aromatic N) is 2. The zero-order valence-electron chi connectivity index (χ0n) is 11.8. The van der Waals surface area contributed by atoms with E-state index < -0.39 is 11.6 Å². The average molecular weight is 281 g/mol. The molecule has 20 heavy (non-hydrogen) atoms. The molecule has 0 radical (unpaired) electrons. The van der Waals surface area contributed by atoms with Crippen LogP contribution >= 0.6 is 0 Å². The first-order valence-electron chi connectivity index (χ1n) is 7.26. The van der Waals surface area contributed by atoms with E-state index >= 15 is 0 Å². The molecule has 2 aliphatic rings. The summed E-state index contributed by atoms with van der Waals surface area (Å²) in [7, 11) is 2.17. The second kappa shape index (κ2) is 5.20. The molecule has 0 amide bonds. The van der Waals surface area contributed by atoms with Gasteiger partial charge in [-0.1, -0.05) is 0 Å². The number of nitrogen functional groups attached to an aromatic ring is 1. The van der Waals surface area contributed by atoms with E-state index in [0.717, 1.165) is 32.1 Å². The number of rotatable bonds is 1. The van der Waals surface area contributed by atoms with Gasteiger partial charge in [-0.3, -0.25) is 0 Å². The summed E-state index contributed by atoms with van der Waals surface area (Å²) in [5.74, 6) is -0.661. The molecule has 5 heteroatoms. The molecule has 3 nitrogen and oxygen atoms in total. The molecule has 0 spiro atoms. The summed E-state index contributed by atoms with van der Waals surface area (Å²) in [6.45, 7) is 2.79. The molecule has 2 aliphatic heterocycles. The highest BCUT2D eigenvalue weighted by Gasteiger charge is 2.34. The van der Waals surface area contributed by atoms with Crippen LogP contribution < -0.4 is 10.6 Å². The minimum Gasteiger partial charge on any atom is -0.395 e. The summed E-state index contributed by atoms with van der Waals surface area (Å²) in [5.41, 5.74) is 6.36. The summed E-state index contributed by atoms with van der Waals surface area (Å²) in [6.07, 6.45) is 3.40. The molecule has 2 unspecified atom stereocenters. The lowest BCUT2D eigenvalue weighted by Crippen LogP contribution is -2.52. The fourth-order valence-corrected chi connectivity index (χ4v) is 3.70. The van der Waals surface area contributed by atoms with E-state index in [0.29, 0.717) is 17.6 Å². The predicted molar refractivity (Wildman–Crippen MR) is 76.7 cm³/mol. The molecule has 3 rings (SSSR count). The third-order valence-electron chi connectivity index (χ3n) is 4.76. The fraction of sp³-hybridized carbons (Fsp3) is 0.600. The van der Waals surface area contributed by atoms with Gasteiger partial charge < -0.3 is 15.5 Å². The van der Waals surface area contributed by atoms with Crippen molar-refractivity contribution in [3.05, 3.63) is 23.8 Å². The molecule has 2 heterocycles. The molecule has 0 aliphatic carbocycles. The van der Waals surface area contributed by atoms with Gasteiger partial charge in [0.15, 0.2) is 5.82 Å². The lowest BCUT2D eigenvalue weighted by molar-refractivity contribution is 0.102. The van der Waals surface area contributed by atoms with Crippen molar-refractivity contribution in [3.8, 4) is 0 Å². The van der Waals surface area contributed by atoms with Gasteiger partial charge in [-0.15, -0.1) is 0 Å². The van der Waals surface area contributed by atoms with E-state index in [1.807, 2.05) is 4.90 Å². The molecule has 2 atom stereocenters. The first kappa shape index (κ1) is 13.6. The van der Waals surface area contributed by atoms with Crippen LogP contribution in [0.4, 0.5) is 20.2 Å². The third kappa shape index (κ3) is 2.35. The van der Waals surface area contributed by atoms with E-state index in [2.05, 4.69) is 11.9 Å². The van der Waals surface area contributed by atoms with Crippen molar-refractivity contribution < 1.29 is 8.78 Å². The highest BCUT2D eigenvalue weighted by atomic mass is 19.1. The summed E-state index contributed by atoms with van der Waals surface area (Å²) >= 11 is 0. The van der Waals surface area contributed by atoms with Gasteiger partial charge in [-0.25, -0.2) is 8.78 Å².